The van der Waals surface area contributed by atoms with E-state index in [0.717, 1.165) is 18.5 Å². The van der Waals surface area contributed by atoms with Crippen molar-refractivity contribution in [1.82, 2.24) is 4.90 Å². The van der Waals surface area contributed by atoms with E-state index >= 15 is 0 Å². The Labute approximate surface area is 189 Å². The Hall–Kier alpha value is -3.38. The van der Waals surface area contributed by atoms with Crippen molar-refractivity contribution >= 4 is 17.4 Å². The fourth-order valence-electron chi connectivity index (χ4n) is 3.84. The molecule has 0 saturated carbocycles. The summed E-state index contributed by atoms with van der Waals surface area (Å²) < 4.78 is 5.65. The molecular formula is C26H30N2O4. The minimum Gasteiger partial charge on any atom is -0.872 e. The van der Waals surface area contributed by atoms with E-state index in [2.05, 4.69) is 6.58 Å². The van der Waals surface area contributed by atoms with Crippen molar-refractivity contribution in [3.05, 3.63) is 83.4 Å². The first-order valence-electron chi connectivity index (χ1n) is 10.8. The summed E-state index contributed by atoms with van der Waals surface area (Å²) in [7, 11) is 4.07. The molecule has 1 saturated heterocycles. The second-order valence-corrected chi connectivity index (χ2v) is 8.32. The van der Waals surface area contributed by atoms with Crippen LogP contribution in [0.3, 0.4) is 0 Å². The summed E-state index contributed by atoms with van der Waals surface area (Å²) in [5, 5.41) is 13.4. The van der Waals surface area contributed by atoms with E-state index < -0.39 is 23.5 Å². The molecule has 1 atom stereocenters. The van der Waals surface area contributed by atoms with Crippen LogP contribution in [0.2, 0.25) is 0 Å². The Morgan fingerprint density at radius 2 is 1.91 bits per heavy atom. The minimum atomic E-state index is -0.742. The summed E-state index contributed by atoms with van der Waals surface area (Å²) in [5.74, 6) is -1.17. The number of nitrogens with one attached hydrogen (secondary N) is 1. The highest BCUT2D eigenvalue weighted by molar-refractivity contribution is 6.46. The van der Waals surface area contributed by atoms with Crippen molar-refractivity contribution in [3.8, 4) is 5.75 Å². The summed E-state index contributed by atoms with van der Waals surface area (Å²) >= 11 is 0. The summed E-state index contributed by atoms with van der Waals surface area (Å²) in [5.41, 5.74) is 2.09. The number of hydrogen-bond donors (Lipinski definition) is 1. The molecule has 1 aliphatic heterocycles. The molecule has 0 bridgehead atoms. The number of carbonyl (C=O) groups is 2. The molecule has 1 heterocycles. The number of ether oxygens (including phenoxy) is 1. The normalized spacial score (nSPS) is 17.8. The van der Waals surface area contributed by atoms with Gasteiger partial charge >= 0.3 is 0 Å². The summed E-state index contributed by atoms with van der Waals surface area (Å²) in [4.78, 5) is 28.8. The van der Waals surface area contributed by atoms with Gasteiger partial charge in [0.1, 0.15) is 12.4 Å². The van der Waals surface area contributed by atoms with E-state index in [9.17, 15) is 14.7 Å². The zero-order valence-corrected chi connectivity index (χ0v) is 18.9. The number of benzene rings is 2. The van der Waals surface area contributed by atoms with Gasteiger partial charge in [-0.25, -0.2) is 0 Å². The highest BCUT2D eigenvalue weighted by Crippen LogP contribution is 2.39. The van der Waals surface area contributed by atoms with Crippen LogP contribution in [0.15, 0.2) is 66.8 Å². The Morgan fingerprint density at radius 3 is 2.56 bits per heavy atom. The molecule has 1 N–H and O–H groups in total. The number of quaternary nitrogens is 1. The Balaban J connectivity index is 2.08. The predicted octanol–water partition coefficient (Wildman–Crippen LogP) is 1.32. The first kappa shape index (κ1) is 23.3. The van der Waals surface area contributed by atoms with Gasteiger partial charge in [-0.1, -0.05) is 60.4 Å². The molecular weight excluding hydrogens is 404 g/mol. The second kappa shape index (κ2) is 10.3. The van der Waals surface area contributed by atoms with Crippen molar-refractivity contribution < 1.29 is 24.3 Å². The van der Waals surface area contributed by atoms with Gasteiger partial charge in [-0.2, -0.15) is 0 Å². The third-order valence-electron chi connectivity index (χ3n) is 5.46. The molecule has 1 unspecified atom stereocenters. The van der Waals surface area contributed by atoms with Gasteiger partial charge in [0.25, 0.3) is 5.91 Å². The van der Waals surface area contributed by atoms with Crippen LogP contribution in [-0.2, 0) is 9.59 Å². The zero-order chi connectivity index (χ0) is 23.3. The number of carbonyl (C=O) groups excluding carboxylic acids is 2. The molecule has 6 heteroatoms. The Bertz CT molecular complexity index is 1020. The monoisotopic (exact) mass is 434 g/mol. The van der Waals surface area contributed by atoms with Crippen LogP contribution in [0.25, 0.3) is 5.76 Å². The van der Waals surface area contributed by atoms with Gasteiger partial charge in [-0.15, -0.1) is 0 Å². The number of ketones is 1. The van der Waals surface area contributed by atoms with E-state index in [1.807, 2.05) is 39.2 Å². The van der Waals surface area contributed by atoms with Crippen LogP contribution in [-0.4, -0.2) is 50.4 Å². The fraction of sp³-hybridized carbons (Fsp3) is 0.308. The van der Waals surface area contributed by atoms with Gasteiger partial charge in [0.15, 0.2) is 0 Å². The molecule has 1 amide bonds. The third kappa shape index (κ3) is 5.08. The van der Waals surface area contributed by atoms with Crippen LogP contribution >= 0.6 is 0 Å². The molecule has 6 nitrogen and oxygen atoms in total. The summed E-state index contributed by atoms with van der Waals surface area (Å²) in [6.07, 6.45) is 2.36. The summed E-state index contributed by atoms with van der Waals surface area (Å²) in [6.45, 7) is 7.15. The first-order valence-corrected chi connectivity index (χ1v) is 10.8. The Kier molecular flexibility index (Phi) is 7.49. The maximum atomic E-state index is 13.4. The van der Waals surface area contributed by atoms with E-state index in [4.69, 9.17) is 4.74 Å². The standard InChI is InChI=1S/C26H30N2O4/c1-5-16-32-21-9-6-8-20(17-21)23-22(24(29)19-12-10-18(2)11-13-19)25(30)26(31)28(23)15-7-14-27(3)4/h5-6,8-13,17,23,29H,1,7,14-16H2,2-4H3/b24-22+. The molecule has 32 heavy (non-hydrogen) atoms. The molecule has 0 spiro atoms. The van der Waals surface area contributed by atoms with E-state index in [1.165, 1.54) is 9.80 Å². The van der Waals surface area contributed by atoms with Crippen molar-refractivity contribution in [2.24, 2.45) is 0 Å². The lowest BCUT2D eigenvalue weighted by atomic mass is 9.95. The number of likely N-dealkylation sites (tertiary alicyclic amines) is 1. The number of hydrogen-bond acceptors (Lipinski definition) is 4. The van der Waals surface area contributed by atoms with E-state index in [-0.39, 0.29) is 5.57 Å². The number of nitrogens with zero attached hydrogens (tertiary/aromatic N) is 1. The summed E-state index contributed by atoms with van der Waals surface area (Å²) in [6, 6.07) is 13.5. The van der Waals surface area contributed by atoms with Crippen molar-refractivity contribution in [2.75, 3.05) is 33.8 Å². The third-order valence-corrected chi connectivity index (χ3v) is 5.46. The van der Waals surface area contributed by atoms with E-state index in [1.54, 1.807) is 36.4 Å². The van der Waals surface area contributed by atoms with Gasteiger partial charge in [-0.05, 0) is 30.2 Å². The van der Waals surface area contributed by atoms with Gasteiger partial charge in [-0.3, -0.25) is 9.59 Å². The molecule has 0 aromatic heterocycles. The SMILES string of the molecule is C=CCOc1cccc(C2/C(=C(\[O-])c3ccc(C)cc3)C(=O)C(=O)N2CCC[NH+](C)C)c1. The van der Waals surface area contributed by atoms with Crippen molar-refractivity contribution in [1.29, 1.82) is 0 Å². The smallest absolute Gasteiger partial charge is 0.295 e. The highest BCUT2D eigenvalue weighted by Gasteiger charge is 2.44. The first-order chi connectivity index (χ1) is 15.3. The number of amides is 1. The second-order valence-electron chi connectivity index (χ2n) is 8.32. The van der Waals surface area contributed by atoms with Crippen LogP contribution in [0.1, 0.15) is 29.2 Å². The molecule has 2 aromatic carbocycles. The van der Waals surface area contributed by atoms with Crippen molar-refractivity contribution in [3.63, 3.8) is 0 Å². The van der Waals surface area contributed by atoms with Gasteiger partial charge in [0.05, 0.1) is 26.7 Å². The van der Waals surface area contributed by atoms with Crippen LogP contribution < -0.4 is 14.7 Å². The number of rotatable bonds is 9. The van der Waals surface area contributed by atoms with Crippen LogP contribution in [0, 0.1) is 6.92 Å². The maximum Gasteiger partial charge on any atom is 0.295 e. The van der Waals surface area contributed by atoms with E-state index in [0.29, 0.717) is 30.0 Å². The maximum absolute atomic E-state index is 13.4. The molecule has 168 valence electrons. The average Bonchev–Trinajstić information content (AvgIpc) is 3.02. The van der Waals surface area contributed by atoms with Crippen molar-refractivity contribution in [2.45, 2.75) is 19.4 Å². The molecule has 0 radical (unpaired) electrons. The van der Waals surface area contributed by atoms with Gasteiger partial charge in [0.2, 0.25) is 5.78 Å². The lowest BCUT2D eigenvalue weighted by Crippen LogP contribution is -3.05. The topological polar surface area (TPSA) is 74.1 Å². The Morgan fingerprint density at radius 1 is 1.19 bits per heavy atom. The largest absolute Gasteiger partial charge is 0.872 e. The zero-order valence-electron chi connectivity index (χ0n) is 18.9. The number of Topliss-reactive ketones (excluding diaryl/α,β-unsaturated/α-hetero) is 1. The average molecular weight is 435 g/mol. The van der Waals surface area contributed by atoms with Crippen LogP contribution in [0.4, 0.5) is 0 Å². The molecule has 2 aromatic rings. The highest BCUT2D eigenvalue weighted by atomic mass is 16.5. The lowest BCUT2D eigenvalue weighted by molar-refractivity contribution is -0.858. The quantitative estimate of drug-likeness (QED) is 0.280. The minimum absolute atomic E-state index is 0.00285. The molecule has 3 rings (SSSR count). The fourth-order valence-corrected chi connectivity index (χ4v) is 3.84. The molecule has 1 aliphatic rings. The lowest BCUT2D eigenvalue weighted by Gasteiger charge is -2.28. The molecule has 1 fully saturated rings. The van der Waals surface area contributed by atoms with Gasteiger partial charge in [0, 0.05) is 18.5 Å². The van der Waals surface area contributed by atoms with Crippen LogP contribution in [0.5, 0.6) is 5.75 Å². The van der Waals surface area contributed by atoms with Gasteiger partial charge < -0.3 is 19.6 Å². The molecule has 0 aliphatic carbocycles. The predicted molar refractivity (Wildman–Crippen MR) is 122 cm³/mol. The number of aryl methyl sites for hydroxylation is 1.